The fraction of sp³-hybridized carbons (Fsp3) is 0.231. The van der Waals surface area contributed by atoms with Gasteiger partial charge in [-0.05, 0) is 11.6 Å². The van der Waals surface area contributed by atoms with Gasteiger partial charge >= 0.3 is 6.18 Å². The Morgan fingerprint density at radius 3 is 2.75 bits per heavy atom. The Labute approximate surface area is 113 Å². The van der Waals surface area contributed by atoms with Crippen molar-refractivity contribution < 1.29 is 18.0 Å². The highest BCUT2D eigenvalue weighted by molar-refractivity contribution is 5.92. The van der Waals surface area contributed by atoms with E-state index in [1.807, 2.05) is 0 Å². The number of nitrogens with zero attached hydrogens (tertiary/aromatic N) is 2. The standard InChI is InChI=1S/C13H12F3N3O/c1-19-8-11(7-17-19)18-12(20)6-9-3-2-4-10(5-9)13(14,15)16/h2-5,7-8H,6H2,1H3,(H,18,20). The van der Waals surface area contributed by atoms with Crippen molar-refractivity contribution in [1.82, 2.24) is 9.78 Å². The molecule has 0 unspecified atom stereocenters. The van der Waals surface area contributed by atoms with E-state index < -0.39 is 17.6 Å². The predicted molar refractivity (Wildman–Crippen MR) is 67.0 cm³/mol. The SMILES string of the molecule is Cn1cc(NC(=O)Cc2cccc(C(F)(F)F)c2)cn1. The summed E-state index contributed by atoms with van der Waals surface area (Å²) in [7, 11) is 1.70. The number of anilines is 1. The second-order valence-corrected chi connectivity index (χ2v) is 4.33. The van der Waals surface area contributed by atoms with E-state index in [4.69, 9.17) is 0 Å². The monoisotopic (exact) mass is 283 g/mol. The molecule has 0 saturated carbocycles. The Balaban J connectivity index is 2.04. The van der Waals surface area contributed by atoms with E-state index in [9.17, 15) is 18.0 Å². The average Bonchev–Trinajstić information content (AvgIpc) is 2.73. The van der Waals surface area contributed by atoms with Crippen LogP contribution >= 0.6 is 0 Å². The van der Waals surface area contributed by atoms with Gasteiger partial charge in [-0.1, -0.05) is 18.2 Å². The van der Waals surface area contributed by atoms with Crippen molar-refractivity contribution in [2.24, 2.45) is 7.05 Å². The molecule has 0 spiro atoms. The molecule has 106 valence electrons. The molecule has 20 heavy (non-hydrogen) atoms. The van der Waals surface area contributed by atoms with Gasteiger partial charge in [-0.3, -0.25) is 9.48 Å². The maximum Gasteiger partial charge on any atom is 0.416 e. The van der Waals surface area contributed by atoms with E-state index >= 15 is 0 Å². The summed E-state index contributed by atoms with van der Waals surface area (Å²) in [6.45, 7) is 0. The summed E-state index contributed by atoms with van der Waals surface area (Å²) in [5, 5.41) is 6.44. The maximum atomic E-state index is 12.5. The van der Waals surface area contributed by atoms with Gasteiger partial charge in [0.05, 0.1) is 23.9 Å². The van der Waals surface area contributed by atoms with Crippen LogP contribution in [0.3, 0.4) is 0 Å². The first-order valence-electron chi connectivity index (χ1n) is 5.79. The first-order chi connectivity index (χ1) is 9.34. The van der Waals surface area contributed by atoms with Gasteiger partial charge in [-0.15, -0.1) is 0 Å². The number of carbonyl (C=O) groups excluding carboxylic acids is 1. The summed E-state index contributed by atoms with van der Waals surface area (Å²) < 4.78 is 39.1. The normalized spacial score (nSPS) is 11.4. The molecule has 0 fully saturated rings. The van der Waals surface area contributed by atoms with Gasteiger partial charge < -0.3 is 5.32 Å². The summed E-state index contributed by atoms with van der Waals surface area (Å²) in [6.07, 6.45) is -1.47. The molecule has 0 saturated heterocycles. The third-order valence-corrected chi connectivity index (χ3v) is 2.61. The number of hydrogen-bond acceptors (Lipinski definition) is 2. The Hall–Kier alpha value is -2.31. The Morgan fingerprint density at radius 1 is 1.40 bits per heavy atom. The number of halogens is 3. The second kappa shape index (κ2) is 5.36. The predicted octanol–water partition coefficient (Wildman–Crippen LogP) is 2.62. The number of amides is 1. The van der Waals surface area contributed by atoms with Crippen molar-refractivity contribution in [3.63, 3.8) is 0 Å². The third-order valence-electron chi connectivity index (χ3n) is 2.61. The fourth-order valence-electron chi connectivity index (χ4n) is 1.73. The van der Waals surface area contributed by atoms with Crippen LogP contribution in [-0.2, 0) is 24.4 Å². The number of alkyl halides is 3. The highest BCUT2D eigenvalue weighted by atomic mass is 19.4. The number of nitrogens with one attached hydrogen (secondary N) is 1. The van der Waals surface area contributed by atoms with Gasteiger partial charge in [0.15, 0.2) is 0 Å². The lowest BCUT2D eigenvalue weighted by Crippen LogP contribution is -2.14. The number of benzene rings is 1. The lowest BCUT2D eigenvalue weighted by Gasteiger charge is -2.08. The van der Waals surface area contributed by atoms with Crippen LogP contribution in [0.5, 0.6) is 0 Å². The zero-order chi connectivity index (χ0) is 14.8. The molecule has 0 aliphatic carbocycles. The van der Waals surface area contributed by atoms with Crippen molar-refractivity contribution >= 4 is 11.6 Å². The molecular formula is C13H12F3N3O. The van der Waals surface area contributed by atoms with Crippen molar-refractivity contribution in [2.45, 2.75) is 12.6 Å². The molecule has 0 radical (unpaired) electrons. The summed E-state index contributed by atoms with van der Waals surface area (Å²) >= 11 is 0. The minimum absolute atomic E-state index is 0.126. The maximum absolute atomic E-state index is 12.5. The molecule has 0 aliphatic heterocycles. The molecule has 0 atom stereocenters. The molecule has 2 rings (SSSR count). The lowest BCUT2D eigenvalue weighted by molar-refractivity contribution is -0.137. The smallest absolute Gasteiger partial charge is 0.323 e. The van der Waals surface area contributed by atoms with Crippen LogP contribution in [0.15, 0.2) is 36.7 Å². The van der Waals surface area contributed by atoms with Crippen molar-refractivity contribution in [1.29, 1.82) is 0 Å². The molecule has 1 heterocycles. The molecule has 0 aliphatic rings. The number of hydrogen-bond donors (Lipinski definition) is 1. The van der Waals surface area contributed by atoms with Crippen LogP contribution in [0.25, 0.3) is 0 Å². The van der Waals surface area contributed by atoms with E-state index in [0.717, 1.165) is 12.1 Å². The van der Waals surface area contributed by atoms with E-state index in [1.54, 1.807) is 13.2 Å². The van der Waals surface area contributed by atoms with Gasteiger partial charge in [0.1, 0.15) is 0 Å². The average molecular weight is 283 g/mol. The van der Waals surface area contributed by atoms with Crippen molar-refractivity contribution in [3.05, 3.63) is 47.8 Å². The number of rotatable bonds is 3. The van der Waals surface area contributed by atoms with Gasteiger partial charge in [0, 0.05) is 13.2 Å². The summed E-state index contributed by atoms with van der Waals surface area (Å²) in [6, 6.07) is 4.72. The van der Waals surface area contributed by atoms with Crippen LogP contribution < -0.4 is 5.32 Å². The second-order valence-electron chi connectivity index (χ2n) is 4.33. The highest BCUT2D eigenvalue weighted by Gasteiger charge is 2.30. The minimum Gasteiger partial charge on any atom is -0.323 e. The summed E-state index contributed by atoms with van der Waals surface area (Å²) in [5.41, 5.74) is 0.0508. The van der Waals surface area contributed by atoms with Gasteiger partial charge in [-0.25, -0.2) is 0 Å². The molecular weight excluding hydrogens is 271 g/mol. The van der Waals surface area contributed by atoms with Crippen LogP contribution in [-0.4, -0.2) is 15.7 Å². The highest BCUT2D eigenvalue weighted by Crippen LogP contribution is 2.29. The van der Waals surface area contributed by atoms with E-state index in [1.165, 1.54) is 23.0 Å². The van der Waals surface area contributed by atoms with E-state index in [2.05, 4.69) is 10.4 Å². The summed E-state index contributed by atoms with van der Waals surface area (Å²) in [5.74, 6) is -0.391. The number of aryl methyl sites for hydroxylation is 1. The quantitative estimate of drug-likeness (QED) is 0.941. The van der Waals surface area contributed by atoms with E-state index in [0.29, 0.717) is 11.3 Å². The van der Waals surface area contributed by atoms with Gasteiger partial charge in [0.25, 0.3) is 0 Å². The first kappa shape index (κ1) is 14.1. The molecule has 7 heteroatoms. The van der Waals surface area contributed by atoms with Crippen molar-refractivity contribution in [3.8, 4) is 0 Å². The van der Waals surface area contributed by atoms with Crippen LogP contribution in [0.4, 0.5) is 18.9 Å². The zero-order valence-electron chi connectivity index (χ0n) is 10.6. The van der Waals surface area contributed by atoms with Crippen molar-refractivity contribution in [2.75, 3.05) is 5.32 Å². The summed E-state index contributed by atoms with van der Waals surface area (Å²) in [4.78, 5) is 11.7. The Kier molecular flexibility index (Phi) is 3.78. The molecule has 1 N–H and O–H groups in total. The van der Waals surface area contributed by atoms with Gasteiger partial charge in [0.2, 0.25) is 5.91 Å². The fourth-order valence-corrected chi connectivity index (χ4v) is 1.73. The molecule has 0 bridgehead atoms. The topological polar surface area (TPSA) is 46.9 Å². The van der Waals surface area contributed by atoms with Crippen LogP contribution in [0.1, 0.15) is 11.1 Å². The van der Waals surface area contributed by atoms with Crippen LogP contribution in [0, 0.1) is 0 Å². The van der Waals surface area contributed by atoms with Gasteiger partial charge in [-0.2, -0.15) is 18.3 Å². The number of carbonyl (C=O) groups is 1. The molecule has 1 aromatic carbocycles. The van der Waals surface area contributed by atoms with E-state index in [-0.39, 0.29) is 6.42 Å². The third kappa shape index (κ3) is 3.59. The number of aromatic nitrogens is 2. The lowest BCUT2D eigenvalue weighted by atomic mass is 10.1. The molecule has 2 aromatic rings. The zero-order valence-corrected chi connectivity index (χ0v) is 10.6. The Morgan fingerprint density at radius 2 is 2.15 bits per heavy atom. The minimum atomic E-state index is -4.41. The molecule has 1 aromatic heterocycles. The molecule has 4 nitrogen and oxygen atoms in total. The first-order valence-corrected chi connectivity index (χ1v) is 5.79. The Bertz CT molecular complexity index is 619. The molecule has 1 amide bonds. The van der Waals surface area contributed by atoms with Crippen LogP contribution in [0.2, 0.25) is 0 Å². The largest absolute Gasteiger partial charge is 0.416 e.